The average molecular weight is 323 g/mol. The topological polar surface area (TPSA) is 51.8 Å². The number of nitrogens with two attached hydrogens (primary N) is 1. The van der Waals surface area contributed by atoms with Crippen LogP contribution in [0.1, 0.15) is 24.9 Å². The van der Waals surface area contributed by atoms with Crippen molar-refractivity contribution in [3.05, 3.63) is 15.1 Å². The zero-order chi connectivity index (χ0) is 10.6. The lowest BCUT2D eigenvalue weighted by atomic mass is 10.4. The minimum Gasteiger partial charge on any atom is -0.383 e. The smallest absolute Gasteiger partial charge is 0.140 e. The lowest BCUT2D eigenvalue weighted by molar-refractivity contribution is 0.988. The van der Waals surface area contributed by atoms with Crippen molar-refractivity contribution in [2.75, 3.05) is 11.5 Å². The van der Waals surface area contributed by atoms with Crippen molar-refractivity contribution < 1.29 is 0 Å². The van der Waals surface area contributed by atoms with Crippen molar-refractivity contribution in [1.82, 2.24) is 9.97 Å². The molecule has 0 amide bonds. The van der Waals surface area contributed by atoms with Gasteiger partial charge in [-0.1, -0.05) is 6.92 Å². The highest BCUT2D eigenvalue weighted by molar-refractivity contribution is 14.1. The van der Waals surface area contributed by atoms with Gasteiger partial charge in [-0.25, -0.2) is 9.97 Å². The summed E-state index contributed by atoms with van der Waals surface area (Å²) < 4.78 is 0.965. The Morgan fingerprint density at radius 1 is 1.43 bits per heavy atom. The van der Waals surface area contributed by atoms with Crippen LogP contribution in [0.2, 0.25) is 0 Å². The molecule has 0 fully saturated rings. The van der Waals surface area contributed by atoms with Crippen LogP contribution in [0.25, 0.3) is 0 Å². The molecule has 0 bridgehead atoms. The number of aromatic nitrogens is 2. The van der Waals surface area contributed by atoms with Gasteiger partial charge in [0.05, 0.1) is 15.0 Å². The number of nitrogens with zero attached hydrogens (tertiary/aromatic N) is 2. The Morgan fingerprint density at radius 2 is 2.14 bits per heavy atom. The number of halogens is 1. The highest BCUT2D eigenvalue weighted by Gasteiger charge is 2.05. The molecule has 0 saturated carbocycles. The maximum absolute atomic E-state index is 5.76. The molecule has 5 heteroatoms. The molecule has 0 radical (unpaired) electrons. The summed E-state index contributed by atoms with van der Waals surface area (Å²) in [6.07, 6.45) is 1.18. The summed E-state index contributed by atoms with van der Waals surface area (Å²) in [4.78, 5) is 8.63. The Bertz CT molecular complexity index is 294. The predicted molar refractivity (Wildman–Crippen MR) is 70.4 cm³/mol. The van der Waals surface area contributed by atoms with E-state index in [1.54, 1.807) is 0 Å². The van der Waals surface area contributed by atoms with E-state index >= 15 is 0 Å². The summed E-state index contributed by atoms with van der Waals surface area (Å²) in [7, 11) is 0. The number of anilines is 1. The quantitative estimate of drug-likeness (QED) is 0.684. The van der Waals surface area contributed by atoms with Crippen LogP contribution in [0, 0.1) is 10.5 Å². The van der Waals surface area contributed by atoms with Gasteiger partial charge >= 0.3 is 0 Å². The molecule has 1 rings (SSSR count). The Morgan fingerprint density at radius 3 is 2.71 bits per heavy atom. The Labute approximate surface area is 102 Å². The van der Waals surface area contributed by atoms with E-state index in [1.807, 2.05) is 18.7 Å². The maximum atomic E-state index is 5.76. The molecule has 0 aliphatic rings. The molecule has 3 nitrogen and oxygen atoms in total. The van der Waals surface area contributed by atoms with Gasteiger partial charge in [-0.3, -0.25) is 0 Å². The van der Waals surface area contributed by atoms with Gasteiger partial charge in [-0.2, -0.15) is 11.8 Å². The molecule has 2 N–H and O–H groups in total. The first-order valence-corrected chi connectivity index (χ1v) is 6.74. The molecular formula is C9H14IN3S. The molecule has 78 valence electrons. The third kappa shape index (κ3) is 3.27. The van der Waals surface area contributed by atoms with Crippen molar-refractivity contribution in [1.29, 1.82) is 0 Å². The second kappa shape index (κ2) is 5.75. The van der Waals surface area contributed by atoms with Crippen molar-refractivity contribution in [3.8, 4) is 0 Å². The Hall–Kier alpha value is -0.0400. The summed E-state index contributed by atoms with van der Waals surface area (Å²) in [5.41, 5.74) is 6.73. The molecule has 0 aromatic carbocycles. The van der Waals surface area contributed by atoms with Crippen LogP contribution in [0.5, 0.6) is 0 Å². The first-order chi connectivity index (χ1) is 6.65. The number of nitrogen functional groups attached to an aromatic ring is 1. The molecular weight excluding hydrogens is 309 g/mol. The van der Waals surface area contributed by atoms with Crippen LogP contribution in [-0.2, 0) is 5.75 Å². The number of thioether (sulfide) groups is 1. The SMILES string of the molecule is CCCSCc1nc(C)c(I)c(N)n1. The lowest BCUT2D eigenvalue weighted by Crippen LogP contribution is -2.04. The number of hydrogen-bond acceptors (Lipinski definition) is 4. The minimum atomic E-state index is 0.602. The third-order valence-corrected chi connectivity index (χ3v) is 4.16. The van der Waals surface area contributed by atoms with Crippen LogP contribution in [0.4, 0.5) is 5.82 Å². The van der Waals surface area contributed by atoms with Crippen LogP contribution in [0.3, 0.4) is 0 Å². The standard InChI is InChI=1S/C9H14IN3S/c1-3-4-14-5-7-12-6(2)8(10)9(11)13-7/h3-5H2,1-2H3,(H2,11,12,13). The van der Waals surface area contributed by atoms with E-state index in [2.05, 4.69) is 39.5 Å². The van der Waals surface area contributed by atoms with Crippen LogP contribution in [0.15, 0.2) is 0 Å². The number of rotatable bonds is 4. The zero-order valence-electron chi connectivity index (χ0n) is 8.38. The molecule has 0 aliphatic heterocycles. The fourth-order valence-corrected chi connectivity index (χ4v) is 2.00. The second-order valence-corrected chi connectivity index (χ2v) is 5.16. The fraction of sp³-hybridized carbons (Fsp3) is 0.556. The molecule has 0 atom stereocenters. The fourth-order valence-electron chi connectivity index (χ4n) is 1.01. The van der Waals surface area contributed by atoms with Gasteiger partial charge in [0.25, 0.3) is 0 Å². The number of hydrogen-bond donors (Lipinski definition) is 1. The van der Waals surface area contributed by atoms with E-state index in [0.29, 0.717) is 5.82 Å². The molecule has 1 aromatic heterocycles. The van der Waals surface area contributed by atoms with Gasteiger partial charge in [0.15, 0.2) is 0 Å². The van der Waals surface area contributed by atoms with Gasteiger partial charge in [0.1, 0.15) is 11.6 Å². The van der Waals surface area contributed by atoms with Crippen molar-refractivity contribution in [2.45, 2.75) is 26.0 Å². The average Bonchev–Trinajstić information content (AvgIpc) is 2.14. The van der Waals surface area contributed by atoms with Crippen LogP contribution in [-0.4, -0.2) is 15.7 Å². The molecule has 1 heterocycles. The second-order valence-electron chi connectivity index (χ2n) is 2.98. The summed E-state index contributed by atoms with van der Waals surface area (Å²) in [5.74, 6) is 3.45. The lowest BCUT2D eigenvalue weighted by Gasteiger charge is -2.05. The summed E-state index contributed by atoms with van der Waals surface area (Å²) in [6, 6.07) is 0. The third-order valence-electron chi connectivity index (χ3n) is 1.67. The summed E-state index contributed by atoms with van der Waals surface area (Å²) >= 11 is 4.02. The zero-order valence-corrected chi connectivity index (χ0v) is 11.4. The van der Waals surface area contributed by atoms with Gasteiger partial charge < -0.3 is 5.73 Å². The van der Waals surface area contributed by atoms with Crippen LogP contribution < -0.4 is 5.73 Å². The highest BCUT2D eigenvalue weighted by atomic mass is 127. The normalized spacial score (nSPS) is 10.5. The Balaban J connectivity index is 2.69. The monoisotopic (exact) mass is 323 g/mol. The highest BCUT2D eigenvalue weighted by Crippen LogP contribution is 2.17. The first kappa shape index (κ1) is 12.0. The first-order valence-electron chi connectivity index (χ1n) is 4.51. The van der Waals surface area contributed by atoms with Crippen LogP contribution >= 0.6 is 34.4 Å². The van der Waals surface area contributed by atoms with Gasteiger partial charge in [-0.05, 0) is 41.7 Å². The predicted octanol–water partition coefficient (Wildman–Crippen LogP) is 2.62. The van der Waals surface area contributed by atoms with E-state index < -0.39 is 0 Å². The Kier molecular flexibility index (Phi) is 4.94. The van der Waals surface area contributed by atoms with Crippen molar-refractivity contribution >= 4 is 40.2 Å². The van der Waals surface area contributed by atoms with E-state index in [4.69, 9.17) is 5.73 Å². The molecule has 0 unspecified atom stereocenters. The summed E-state index contributed by atoms with van der Waals surface area (Å²) in [6.45, 7) is 4.13. The van der Waals surface area contributed by atoms with E-state index in [1.165, 1.54) is 6.42 Å². The van der Waals surface area contributed by atoms with Gasteiger partial charge in [0.2, 0.25) is 0 Å². The molecule has 0 aliphatic carbocycles. The van der Waals surface area contributed by atoms with E-state index in [-0.39, 0.29) is 0 Å². The maximum Gasteiger partial charge on any atom is 0.140 e. The van der Waals surface area contributed by atoms with Crippen molar-refractivity contribution in [2.24, 2.45) is 0 Å². The van der Waals surface area contributed by atoms with E-state index in [9.17, 15) is 0 Å². The van der Waals surface area contributed by atoms with Gasteiger partial charge in [0, 0.05) is 0 Å². The van der Waals surface area contributed by atoms with Crippen molar-refractivity contribution in [3.63, 3.8) is 0 Å². The number of aryl methyl sites for hydroxylation is 1. The summed E-state index contributed by atoms with van der Waals surface area (Å²) in [5, 5.41) is 0. The molecule has 1 aromatic rings. The van der Waals surface area contributed by atoms with E-state index in [0.717, 1.165) is 26.6 Å². The molecule has 14 heavy (non-hydrogen) atoms. The minimum absolute atomic E-state index is 0.602. The molecule has 0 spiro atoms. The largest absolute Gasteiger partial charge is 0.383 e. The molecule has 0 saturated heterocycles. The van der Waals surface area contributed by atoms with Gasteiger partial charge in [-0.15, -0.1) is 0 Å².